The molecular formula is C11H13BrOS. The molecule has 0 aliphatic heterocycles. The highest BCUT2D eigenvalue weighted by Gasteiger charge is 2.06. The van der Waals surface area contributed by atoms with Crippen LogP contribution in [0.5, 0.6) is 0 Å². The predicted octanol–water partition coefficient (Wildman–Crippen LogP) is 4.15. The number of halogens is 1. The molecule has 1 unspecified atom stereocenters. The topological polar surface area (TPSA) is 17.1 Å². The molecule has 0 aromatic heterocycles. The molecule has 0 amide bonds. The van der Waals surface area contributed by atoms with Gasteiger partial charge < -0.3 is 0 Å². The third-order valence-electron chi connectivity index (χ3n) is 2.00. The Kier molecular flexibility index (Phi) is 4.69. The Hall–Kier alpha value is -0.280. The maximum atomic E-state index is 10.8. The van der Waals surface area contributed by atoms with E-state index in [9.17, 15) is 4.79 Å². The lowest BCUT2D eigenvalue weighted by Crippen LogP contribution is -1.94. The van der Waals surface area contributed by atoms with Crippen LogP contribution in [0.2, 0.25) is 0 Å². The van der Waals surface area contributed by atoms with Gasteiger partial charge in [0.05, 0.1) is 0 Å². The van der Waals surface area contributed by atoms with Crippen LogP contribution in [0.15, 0.2) is 27.6 Å². The predicted molar refractivity (Wildman–Crippen MR) is 65.1 cm³/mol. The summed E-state index contributed by atoms with van der Waals surface area (Å²) >= 11 is 5.10. The minimum absolute atomic E-state index is 0.551. The summed E-state index contributed by atoms with van der Waals surface area (Å²) in [6.45, 7) is 4.32. The highest BCUT2D eigenvalue weighted by atomic mass is 79.9. The average Bonchev–Trinajstić information content (AvgIpc) is 2.20. The van der Waals surface area contributed by atoms with E-state index in [0.29, 0.717) is 5.25 Å². The maximum Gasteiger partial charge on any atom is 0.151 e. The Balaban J connectivity index is 2.90. The van der Waals surface area contributed by atoms with E-state index >= 15 is 0 Å². The Morgan fingerprint density at radius 2 is 2.29 bits per heavy atom. The Bertz CT molecular complexity index is 325. The van der Waals surface area contributed by atoms with E-state index in [4.69, 9.17) is 0 Å². The molecule has 0 N–H and O–H groups in total. The summed E-state index contributed by atoms with van der Waals surface area (Å²) in [5.41, 5.74) is 0.768. The van der Waals surface area contributed by atoms with Gasteiger partial charge in [-0.3, -0.25) is 4.79 Å². The molecule has 1 aromatic carbocycles. The summed E-state index contributed by atoms with van der Waals surface area (Å²) in [6, 6.07) is 5.82. The first kappa shape index (κ1) is 11.8. The van der Waals surface area contributed by atoms with Gasteiger partial charge in [0.2, 0.25) is 0 Å². The van der Waals surface area contributed by atoms with Gasteiger partial charge in [-0.05, 0) is 24.6 Å². The van der Waals surface area contributed by atoms with Crippen molar-refractivity contribution in [2.45, 2.75) is 30.4 Å². The zero-order chi connectivity index (χ0) is 10.6. The zero-order valence-corrected chi connectivity index (χ0v) is 10.7. The van der Waals surface area contributed by atoms with Crippen molar-refractivity contribution in [3.8, 4) is 0 Å². The van der Waals surface area contributed by atoms with E-state index < -0.39 is 0 Å². The Morgan fingerprint density at radius 1 is 1.57 bits per heavy atom. The summed E-state index contributed by atoms with van der Waals surface area (Å²) in [7, 11) is 0. The van der Waals surface area contributed by atoms with Gasteiger partial charge >= 0.3 is 0 Å². The van der Waals surface area contributed by atoms with Crippen molar-refractivity contribution in [2.24, 2.45) is 0 Å². The fourth-order valence-corrected chi connectivity index (χ4v) is 2.39. The van der Waals surface area contributed by atoms with Crippen LogP contribution in [-0.4, -0.2) is 11.5 Å². The molecular weight excluding hydrogens is 260 g/mol. The average molecular weight is 273 g/mol. The van der Waals surface area contributed by atoms with Crippen LogP contribution >= 0.6 is 27.7 Å². The van der Waals surface area contributed by atoms with Gasteiger partial charge in [-0.1, -0.05) is 29.8 Å². The van der Waals surface area contributed by atoms with Crippen molar-refractivity contribution in [2.75, 3.05) is 0 Å². The van der Waals surface area contributed by atoms with Crippen molar-refractivity contribution in [1.29, 1.82) is 0 Å². The molecule has 0 heterocycles. The molecule has 1 atom stereocenters. The molecule has 0 aliphatic rings. The molecule has 3 heteroatoms. The van der Waals surface area contributed by atoms with Crippen LogP contribution in [0.1, 0.15) is 30.6 Å². The first-order chi connectivity index (χ1) is 6.67. The molecule has 0 saturated carbocycles. The molecule has 0 fully saturated rings. The second-order valence-corrected chi connectivity index (χ2v) is 5.53. The summed E-state index contributed by atoms with van der Waals surface area (Å²) in [5.74, 6) is 0. The summed E-state index contributed by atoms with van der Waals surface area (Å²) in [4.78, 5) is 11.9. The molecule has 76 valence electrons. The van der Waals surface area contributed by atoms with Crippen LogP contribution in [-0.2, 0) is 0 Å². The lowest BCUT2D eigenvalue weighted by Gasteiger charge is -2.09. The van der Waals surface area contributed by atoms with Gasteiger partial charge in [0.25, 0.3) is 0 Å². The van der Waals surface area contributed by atoms with Crippen LogP contribution < -0.4 is 0 Å². The fraction of sp³-hybridized carbons (Fsp3) is 0.364. The van der Waals surface area contributed by atoms with E-state index in [1.807, 2.05) is 18.2 Å². The van der Waals surface area contributed by atoms with E-state index in [-0.39, 0.29) is 0 Å². The monoisotopic (exact) mass is 272 g/mol. The molecule has 0 spiro atoms. The first-order valence-corrected chi connectivity index (χ1v) is 6.26. The number of carbonyl (C=O) groups is 1. The second-order valence-electron chi connectivity index (χ2n) is 3.14. The number of hydrogen-bond donors (Lipinski definition) is 0. The highest BCUT2D eigenvalue weighted by Crippen LogP contribution is 2.29. The lowest BCUT2D eigenvalue weighted by molar-refractivity contribution is 0.112. The molecule has 1 aromatic rings. The van der Waals surface area contributed by atoms with E-state index in [1.54, 1.807) is 11.8 Å². The van der Waals surface area contributed by atoms with E-state index in [1.165, 1.54) is 0 Å². The number of thioether (sulfide) groups is 1. The van der Waals surface area contributed by atoms with E-state index in [2.05, 4.69) is 29.8 Å². The van der Waals surface area contributed by atoms with Crippen molar-refractivity contribution < 1.29 is 4.79 Å². The van der Waals surface area contributed by atoms with Crippen LogP contribution in [0.4, 0.5) is 0 Å². The largest absolute Gasteiger partial charge is 0.298 e. The number of benzene rings is 1. The van der Waals surface area contributed by atoms with Crippen molar-refractivity contribution in [1.82, 2.24) is 0 Å². The molecule has 0 bridgehead atoms. The molecule has 1 nitrogen and oxygen atoms in total. The number of aldehydes is 1. The van der Waals surface area contributed by atoms with Crippen LogP contribution in [0, 0.1) is 0 Å². The van der Waals surface area contributed by atoms with Crippen molar-refractivity contribution >= 4 is 34.0 Å². The zero-order valence-electron chi connectivity index (χ0n) is 8.29. The minimum atomic E-state index is 0.551. The molecule has 0 aliphatic carbocycles. The summed E-state index contributed by atoms with van der Waals surface area (Å²) in [6.07, 6.45) is 2.02. The number of hydrogen-bond acceptors (Lipinski definition) is 2. The normalized spacial score (nSPS) is 12.5. The van der Waals surface area contributed by atoms with Crippen molar-refractivity contribution in [3.05, 3.63) is 28.2 Å². The quantitative estimate of drug-likeness (QED) is 0.605. The highest BCUT2D eigenvalue weighted by molar-refractivity contribution is 9.10. The number of carbonyl (C=O) groups excluding carboxylic acids is 1. The third-order valence-corrected chi connectivity index (χ3v) is 3.86. The molecule has 1 rings (SSSR count). The van der Waals surface area contributed by atoms with Crippen molar-refractivity contribution in [3.63, 3.8) is 0 Å². The summed E-state index contributed by atoms with van der Waals surface area (Å²) in [5, 5.41) is 0.551. The van der Waals surface area contributed by atoms with E-state index in [0.717, 1.165) is 27.6 Å². The Labute approximate surface area is 97.4 Å². The van der Waals surface area contributed by atoms with Gasteiger partial charge in [0.15, 0.2) is 6.29 Å². The van der Waals surface area contributed by atoms with Gasteiger partial charge in [0.1, 0.15) is 0 Å². The molecule has 0 radical (unpaired) electrons. The van der Waals surface area contributed by atoms with Gasteiger partial charge in [-0.25, -0.2) is 0 Å². The van der Waals surface area contributed by atoms with Crippen LogP contribution in [0.3, 0.4) is 0 Å². The summed E-state index contributed by atoms with van der Waals surface area (Å²) < 4.78 is 0.952. The molecule has 0 saturated heterocycles. The smallest absolute Gasteiger partial charge is 0.151 e. The first-order valence-electron chi connectivity index (χ1n) is 4.58. The Morgan fingerprint density at radius 3 is 2.86 bits per heavy atom. The van der Waals surface area contributed by atoms with Gasteiger partial charge in [-0.15, -0.1) is 11.8 Å². The second kappa shape index (κ2) is 5.56. The maximum absolute atomic E-state index is 10.8. The fourth-order valence-electron chi connectivity index (χ4n) is 1.02. The van der Waals surface area contributed by atoms with Gasteiger partial charge in [-0.2, -0.15) is 0 Å². The van der Waals surface area contributed by atoms with Crippen LogP contribution in [0.25, 0.3) is 0 Å². The number of rotatable bonds is 4. The minimum Gasteiger partial charge on any atom is -0.298 e. The molecule has 14 heavy (non-hydrogen) atoms. The SMILES string of the molecule is CCC(C)Sc1ccc(Br)cc1C=O. The lowest BCUT2D eigenvalue weighted by atomic mass is 10.2. The van der Waals surface area contributed by atoms with Gasteiger partial charge in [0, 0.05) is 20.2 Å². The third kappa shape index (κ3) is 3.14. The standard InChI is InChI=1S/C11H13BrOS/c1-3-8(2)14-11-5-4-10(12)6-9(11)7-13/h4-8H,3H2,1-2H3.